The number of carbonyl (C=O) groups is 1. The quantitative estimate of drug-likeness (QED) is 0.595. The van der Waals surface area contributed by atoms with E-state index in [1.54, 1.807) is 6.08 Å². The van der Waals surface area contributed by atoms with Crippen molar-refractivity contribution in [2.24, 2.45) is 0 Å². The first kappa shape index (κ1) is 14.3. The molecule has 0 fully saturated rings. The Labute approximate surface area is 109 Å². The van der Waals surface area contributed by atoms with Gasteiger partial charge in [0.05, 0.1) is 6.54 Å². The van der Waals surface area contributed by atoms with Gasteiger partial charge in [-0.2, -0.15) is 0 Å². The maximum Gasteiger partial charge on any atom is 0.238 e. The molecule has 0 aliphatic rings. The van der Waals surface area contributed by atoms with Crippen LogP contribution < -0.4 is 15.5 Å². The van der Waals surface area contributed by atoms with Crippen LogP contribution in [0.4, 0.5) is 11.4 Å². The first-order valence-electron chi connectivity index (χ1n) is 5.94. The number of nitrogens with zero attached hydrogens (tertiary/aromatic N) is 1. The summed E-state index contributed by atoms with van der Waals surface area (Å²) in [6.45, 7) is 6.49. The van der Waals surface area contributed by atoms with Gasteiger partial charge in [-0.25, -0.2) is 0 Å². The topological polar surface area (TPSA) is 44.4 Å². The molecule has 0 bridgehead atoms. The van der Waals surface area contributed by atoms with Crippen LogP contribution in [0, 0.1) is 6.92 Å². The molecule has 0 saturated carbocycles. The third kappa shape index (κ3) is 4.22. The van der Waals surface area contributed by atoms with Gasteiger partial charge in [0.1, 0.15) is 0 Å². The van der Waals surface area contributed by atoms with Crippen LogP contribution in [0.2, 0.25) is 0 Å². The van der Waals surface area contributed by atoms with E-state index in [4.69, 9.17) is 0 Å². The molecule has 1 aromatic carbocycles. The second-order valence-corrected chi connectivity index (χ2v) is 4.36. The van der Waals surface area contributed by atoms with E-state index >= 15 is 0 Å². The Kier molecular flexibility index (Phi) is 5.39. The van der Waals surface area contributed by atoms with Crippen molar-refractivity contribution in [1.29, 1.82) is 0 Å². The lowest BCUT2D eigenvalue weighted by molar-refractivity contribution is -0.115. The number of anilines is 2. The molecule has 0 radical (unpaired) electrons. The molecule has 1 rings (SSSR count). The Bertz CT molecular complexity index is 427. The summed E-state index contributed by atoms with van der Waals surface area (Å²) in [5.41, 5.74) is 3.03. The summed E-state index contributed by atoms with van der Waals surface area (Å²) < 4.78 is 0. The molecule has 4 nitrogen and oxygen atoms in total. The minimum absolute atomic E-state index is 0.0439. The van der Waals surface area contributed by atoms with Crippen molar-refractivity contribution < 1.29 is 4.79 Å². The predicted molar refractivity (Wildman–Crippen MR) is 77.2 cm³/mol. The molecule has 4 heteroatoms. The van der Waals surface area contributed by atoms with Gasteiger partial charge < -0.3 is 15.5 Å². The van der Waals surface area contributed by atoms with Crippen molar-refractivity contribution in [3.05, 3.63) is 36.4 Å². The molecule has 0 unspecified atom stereocenters. The summed E-state index contributed by atoms with van der Waals surface area (Å²) >= 11 is 0. The van der Waals surface area contributed by atoms with Gasteiger partial charge in [0.2, 0.25) is 5.91 Å². The smallest absolute Gasteiger partial charge is 0.238 e. The van der Waals surface area contributed by atoms with Crippen molar-refractivity contribution in [3.8, 4) is 0 Å². The van der Waals surface area contributed by atoms with Crippen molar-refractivity contribution in [1.82, 2.24) is 5.32 Å². The van der Waals surface area contributed by atoms with Crippen LogP contribution in [0.15, 0.2) is 30.9 Å². The summed E-state index contributed by atoms with van der Waals surface area (Å²) in [4.78, 5) is 13.7. The Balaban J connectivity index is 2.62. The van der Waals surface area contributed by atoms with Gasteiger partial charge in [-0.15, -0.1) is 6.58 Å². The predicted octanol–water partition coefficient (Wildman–Crippen LogP) is 1.78. The van der Waals surface area contributed by atoms with Gasteiger partial charge in [-0.3, -0.25) is 4.79 Å². The average molecular weight is 247 g/mol. The Hall–Kier alpha value is -1.81. The summed E-state index contributed by atoms with van der Waals surface area (Å²) in [5, 5.41) is 5.85. The van der Waals surface area contributed by atoms with Crippen molar-refractivity contribution in [3.63, 3.8) is 0 Å². The molecule has 18 heavy (non-hydrogen) atoms. The zero-order valence-electron chi connectivity index (χ0n) is 11.3. The lowest BCUT2D eigenvalue weighted by Crippen LogP contribution is -2.28. The molecule has 0 atom stereocenters. The van der Waals surface area contributed by atoms with Crippen LogP contribution in [0.3, 0.4) is 0 Å². The third-order valence-corrected chi connectivity index (χ3v) is 2.57. The fourth-order valence-electron chi connectivity index (χ4n) is 1.55. The lowest BCUT2D eigenvalue weighted by Gasteiger charge is -2.15. The minimum Gasteiger partial charge on any atom is -0.378 e. The number of aryl methyl sites for hydroxylation is 1. The summed E-state index contributed by atoms with van der Waals surface area (Å²) in [5.74, 6) is -0.0439. The molecule has 0 aromatic heterocycles. The highest BCUT2D eigenvalue weighted by Gasteiger charge is 2.05. The zero-order chi connectivity index (χ0) is 13.5. The van der Waals surface area contributed by atoms with Crippen LogP contribution in [-0.4, -0.2) is 33.1 Å². The molecular formula is C14H21N3O. The van der Waals surface area contributed by atoms with E-state index in [9.17, 15) is 4.79 Å². The Morgan fingerprint density at radius 3 is 2.72 bits per heavy atom. The first-order valence-corrected chi connectivity index (χ1v) is 5.94. The van der Waals surface area contributed by atoms with Crippen LogP contribution in [0.25, 0.3) is 0 Å². The second kappa shape index (κ2) is 6.81. The molecule has 0 aliphatic heterocycles. The lowest BCUT2D eigenvalue weighted by atomic mass is 10.1. The van der Waals surface area contributed by atoms with Gasteiger partial charge in [-0.05, 0) is 30.7 Å². The highest BCUT2D eigenvalue weighted by molar-refractivity contribution is 5.93. The normalized spacial score (nSPS) is 9.94. The van der Waals surface area contributed by atoms with E-state index in [0.29, 0.717) is 13.1 Å². The van der Waals surface area contributed by atoms with Crippen molar-refractivity contribution >= 4 is 17.3 Å². The third-order valence-electron chi connectivity index (χ3n) is 2.57. The largest absolute Gasteiger partial charge is 0.378 e. The molecule has 1 aromatic rings. The van der Waals surface area contributed by atoms with Gasteiger partial charge >= 0.3 is 0 Å². The van der Waals surface area contributed by atoms with Gasteiger partial charge in [0.25, 0.3) is 0 Å². The number of hydrogen-bond donors (Lipinski definition) is 2. The van der Waals surface area contributed by atoms with Crippen molar-refractivity contribution in [2.45, 2.75) is 6.92 Å². The van der Waals surface area contributed by atoms with E-state index in [1.807, 2.05) is 44.1 Å². The molecule has 0 saturated heterocycles. The fraction of sp³-hybridized carbons (Fsp3) is 0.357. The monoisotopic (exact) mass is 247 g/mol. The number of benzene rings is 1. The maximum absolute atomic E-state index is 11.6. The first-order chi connectivity index (χ1) is 8.54. The standard InChI is InChI=1S/C14H21N3O/c1-5-8-15-10-14(18)16-13-7-6-12(17(3)4)9-11(13)2/h5-7,9,15H,1,8,10H2,2-4H3,(H,16,18). The van der Waals surface area contributed by atoms with E-state index in [2.05, 4.69) is 17.2 Å². The van der Waals surface area contributed by atoms with E-state index in [-0.39, 0.29) is 5.91 Å². The van der Waals surface area contributed by atoms with Crippen LogP contribution in [0.5, 0.6) is 0 Å². The van der Waals surface area contributed by atoms with Gasteiger partial charge in [-0.1, -0.05) is 6.08 Å². The number of hydrogen-bond acceptors (Lipinski definition) is 3. The minimum atomic E-state index is -0.0439. The molecular weight excluding hydrogens is 226 g/mol. The highest BCUT2D eigenvalue weighted by atomic mass is 16.1. The zero-order valence-corrected chi connectivity index (χ0v) is 11.3. The molecule has 0 spiro atoms. The maximum atomic E-state index is 11.6. The average Bonchev–Trinajstić information content (AvgIpc) is 2.32. The molecule has 0 aliphatic carbocycles. The SMILES string of the molecule is C=CCNCC(=O)Nc1ccc(N(C)C)cc1C. The number of rotatable bonds is 6. The number of nitrogens with one attached hydrogen (secondary N) is 2. The van der Waals surface area contributed by atoms with E-state index < -0.39 is 0 Å². The number of amides is 1. The van der Waals surface area contributed by atoms with Crippen LogP contribution >= 0.6 is 0 Å². The summed E-state index contributed by atoms with van der Waals surface area (Å²) in [6, 6.07) is 5.96. The molecule has 98 valence electrons. The molecule has 1 amide bonds. The van der Waals surface area contributed by atoms with Gasteiger partial charge in [0.15, 0.2) is 0 Å². The van der Waals surface area contributed by atoms with Crippen molar-refractivity contribution in [2.75, 3.05) is 37.4 Å². The summed E-state index contributed by atoms with van der Waals surface area (Å²) in [7, 11) is 3.98. The fourth-order valence-corrected chi connectivity index (χ4v) is 1.55. The van der Waals surface area contributed by atoms with E-state index in [0.717, 1.165) is 16.9 Å². The highest BCUT2D eigenvalue weighted by Crippen LogP contribution is 2.21. The van der Waals surface area contributed by atoms with Gasteiger partial charge in [0, 0.05) is 32.0 Å². The molecule has 2 N–H and O–H groups in total. The summed E-state index contributed by atoms with van der Waals surface area (Å²) in [6.07, 6.45) is 1.73. The Morgan fingerprint density at radius 1 is 1.44 bits per heavy atom. The van der Waals surface area contributed by atoms with Crippen LogP contribution in [-0.2, 0) is 4.79 Å². The molecule has 0 heterocycles. The van der Waals surface area contributed by atoms with Crippen LogP contribution in [0.1, 0.15) is 5.56 Å². The number of carbonyl (C=O) groups excluding carboxylic acids is 1. The van der Waals surface area contributed by atoms with E-state index in [1.165, 1.54) is 0 Å². The Morgan fingerprint density at radius 2 is 2.17 bits per heavy atom. The second-order valence-electron chi connectivity index (χ2n) is 4.36.